The lowest BCUT2D eigenvalue weighted by Crippen LogP contribution is -2.29. The lowest BCUT2D eigenvalue weighted by molar-refractivity contribution is 0.106. The fourth-order valence-electron chi connectivity index (χ4n) is 1.75. The lowest BCUT2D eigenvalue weighted by atomic mass is 9.99. The van der Waals surface area contributed by atoms with Crippen molar-refractivity contribution in [3.8, 4) is 0 Å². The van der Waals surface area contributed by atoms with Crippen LogP contribution in [0, 0.1) is 12.7 Å². The number of hydrogen-bond acceptors (Lipinski definition) is 3. The first-order chi connectivity index (χ1) is 8.08. The van der Waals surface area contributed by atoms with E-state index in [1.54, 1.807) is 20.1 Å². The summed E-state index contributed by atoms with van der Waals surface area (Å²) in [6.07, 6.45) is 1.96. The molecule has 1 aromatic carbocycles. The number of benzene rings is 1. The van der Waals surface area contributed by atoms with Gasteiger partial charge in [0.15, 0.2) is 0 Å². The zero-order chi connectivity index (χ0) is 12.8. The second-order valence-corrected chi connectivity index (χ2v) is 4.35. The number of rotatable bonds is 6. The Labute approximate surface area is 102 Å². The molecule has 0 heterocycles. The number of aryl methyl sites for hydroxylation is 1. The molecule has 3 N–H and O–H groups in total. The summed E-state index contributed by atoms with van der Waals surface area (Å²) in [6.45, 7) is 3.77. The Morgan fingerprint density at radius 3 is 2.65 bits per heavy atom. The van der Waals surface area contributed by atoms with Crippen LogP contribution in [0.15, 0.2) is 18.2 Å². The molecule has 4 heteroatoms. The van der Waals surface area contributed by atoms with Gasteiger partial charge in [-0.3, -0.25) is 11.3 Å². The first-order valence-corrected chi connectivity index (χ1v) is 5.83. The maximum atomic E-state index is 13.2. The summed E-state index contributed by atoms with van der Waals surface area (Å²) in [5, 5.41) is 0. The third-order valence-corrected chi connectivity index (χ3v) is 3.05. The topological polar surface area (TPSA) is 47.3 Å². The molecule has 17 heavy (non-hydrogen) atoms. The molecule has 96 valence electrons. The molecule has 0 saturated heterocycles. The Balaban J connectivity index is 2.69. The van der Waals surface area contributed by atoms with Crippen molar-refractivity contribution >= 4 is 0 Å². The van der Waals surface area contributed by atoms with Gasteiger partial charge in [0.25, 0.3) is 0 Å². The van der Waals surface area contributed by atoms with Crippen molar-refractivity contribution < 1.29 is 9.13 Å². The van der Waals surface area contributed by atoms with Crippen LogP contribution in [0.3, 0.4) is 0 Å². The van der Waals surface area contributed by atoms with Crippen LogP contribution < -0.4 is 11.3 Å². The molecular weight excluding hydrogens is 219 g/mol. The van der Waals surface area contributed by atoms with Crippen LogP contribution in [0.4, 0.5) is 4.39 Å². The van der Waals surface area contributed by atoms with Gasteiger partial charge in [0.1, 0.15) is 5.82 Å². The average Bonchev–Trinajstić information content (AvgIpc) is 2.33. The van der Waals surface area contributed by atoms with Crippen molar-refractivity contribution in [3.63, 3.8) is 0 Å². The van der Waals surface area contributed by atoms with E-state index >= 15 is 0 Å². The largest absolute Gasteiger partial charge is 0.382 e. The van der Waals surface area contributed by atoms with Crippen molar-refractivity contribution in [2.45, 2.75) is 38.8 Å². The van der Waals surface area contributed by atoms with Gasteiger partial charge in [-0.2, -0.15) is 0 Å². The summed E-state index contributed by atoms with van der Waals surface area (Å²) in [5.74, 6) is 5.35. The second-order valence-electron chi connectivity index (χ2n) is 4.35. The molecule has 0 fully saturated rings. The Morgan fingerprint density at radius 1 is 1.41 bits per heavy atom. The lowest BCUT2D eigenvalue weighted by Gasteiger charge is -2.19. The Morgan fingerprint density at radius 2 is 2.12 bits per heavy atom. The van der Waals surface area contributed by atoms with Crippen molar-refractivity contribution in [1.29, 1.82) is 0 Å². The first kappa shape index (κ1) is 14.1. The summed E-state index contributed by atoms with van der Waals surface area (Å²) in [7, 11) is 1.69. The van der Waals surface area contributed by atoms with E-state index in [1.807, 2.05) is 13.0 Å². The number of nitrogens with two attached hydrogens (primary N) is 1. The average molecular weight is 240 g/mol. The predicted octanol–water partition coefficient (Wildman–Crippen LogP) is 2.45. The van der Waals surface area contributed by atoms with E-state index in [0.717, 1.165) is 18.4 Å². The third-order valence-electron chi connectivity index (χ3n) is 3.05. The molecule has 0 spiro atoms. The molecule has 0 radical (unpaired) electrons. The molecule has 1 aromatic rings. The molecule has 1 rings (SSSR count). The summed E-state index contributed by atoms with van der Waals surface area (Å²) < 4.78 is 18.4. The number of hydrazine groups is 1. The molecule has 3 nitrogen and oxygen atoms in total. The monoisotopic (exact) mass is 240 g/mol. The van der Waals surface area contributed by atoms with E-state index in [-0.39, 0.29) is 18.0 Å². The van der Waals surface area contributed by atoms with Gasteiger partial charge < -0.3 is 4.74 Å². The molecule has 0 amide bonds. The molecular formula is C13H21FN2O. The van der Waals surface area contributed by atoms with E-state index in [4.69, 9.17) is 10.6 Å². The number of hydrogen-bond donors (Lipinski definition) is 2. The zero-order valence-electron chi connectivity index (χ0n) is 10.7. The highest BCUT2D eigenvalue weighted by Gasteiger charge is 2.12. The number of methoxy groups -OCH3 is 1. The number of ether oxygens (including phenoxy) is 1. The van der Waals surface area contributed by atoms with Gasteiger partial charge in [-0.1, -0.05) is 12.1 Å². The maximum Gasteiger partial charge on any atom is 0.126 e. The van der Waals surface area contributed by atoms with Crippen LogP contribution in [-0.4, -0.2) is 13.2 Å². The molecule has 0 aliphatic heterocycles. The van der Waals surface area contributed by atoms with E-state index in [9.17, 15) is 4.39 Å². The van der Waals surface area contributed by atoms with E-state index in [1.165, 1.54) is 6.07 Å². The Hall–Kier alpha value is -0.970. The summed E-state index contributed by atoms with van der Waals surface area (Å²) in [4.78, 5) is 0. The summed E-state index contributed by atoms with van der Waals surface area (Å²) in [6, 6.07) is 5.11. The van der Waals surface area contributed by atoms with Gasteiger partial charge in [0.2, 0.25) is 0 Å². The standard InChI is InChI=1S/C13H21FN2O/c1-9-8-11(5-6-12(9)14)13(16-15)7-4-10(2)17-3/h5-6,8,10,13,16H,4,7,15H2,1-3H3. The summed E-state index contributed by atoms with van der Waals surface area (Å²) in [5.41, 5.74) is 4.42. The van der Waals surface area contributed by atoms with E-state index in [0.29, 0.717) is 5.56 Å². The van der Waals surface area contributed by atoms with Gasteiger partial charge in [0.05, 0.1) is 6.10 Å². The Bertz CT molecular complexity index is 357. The molecule has 0 aromatic heterocycles. The molecule has 0 aliphatic rings. The fourth-order valence-corrected chi connectivity index (χ4v) is 1.75. The number of nitrogens with one attached hydrogen (secondary N) is 1. The van der Waals surface area contributed by atoms with Gasteiger partial charge in [-0.15, -0.1) is 0 Å². The van der Waals surface area contributed by atoms with Crippen LogP contribution in [0.2, 0.25) is 0 Å². The predicted molar refractivity (Wildman–Crippen MR) is 66.9 cm³/mol. The second kappa shape index (κ2) is 6.69. The normalized spacial score (nSPS) is 14.6. The van der Waals surface area contributed by atoms with Crippen LogP contribution in [-0.2, 0) is 4.74 Å². The minimum atomic E-state index is -0.185. The maximum absolute atomic E-state index is 13.2. The van der Waals surface area contributed by atoms with Crippen LogP contribution in [0.1, 0.15) is 36.9 Å². The minimum absolute atomic E-state index is 0.0342. The van der Waals surface area contributed by atoms with Crippen LogP contribution in [0.5, 0.6) is 0 Å². The SMILES string of the molecule is COC(C)CCC(NN)c1ccc(F)c(C)c1. The van der Waals surface area contributed by atoms with E-state index in [2.05, 4.69) is 5.43 Å². The van der Waals surface area contributed by atoms with Crippen LogP contribution in [0.25, 0.3) is 0 Å². The number of halogens is 1. The highest BCUT2D eigenvalue weighted by molar-refractivity contribution is 5.26. The molecule has 0 bridgehead atoms. The van der Waals surface area contributed by atoms with Crippen molar-refractivity contribution in [3.05, 3.63) is 35.1 Å². The van der Waals surface area contributed by atoms with Crippen molar-refractivity contribution in [1.82, 2.24) is 5.43 Å². The third kappa shape index (κ3) is 4.07. The smallest absolute Gasteiger partial charge is 0.126 e. The molecule has 0 saturated carbocycles. The van der Waals surface area contributed by atoms with Crippen LogP contribution >= 0.6 is 0 Å². The molecule has 2 atom stereocenters. The van der Waals surface area contributed by atoms with Crippen molar-refractivity contribution in [2.75, 3.05) is 7.11 Å². The fraction of sp³-hybridized carbons (Fsp3) is 0.538. The Kier molecular flexibility index (Phi) is 5.55. The highest BCUT2D eigenvalue weighted by Crippen LogP contribution is 2.21. The summed E-state index contributed by atoms with van der Waals surface area (Å²) >= 11 is 0. The van der Waals surface area contributed by atoms with Gasteiger partial charge >= 0.3 is 0 Å². The zero-order valence-corrected chi connectivity index (χ0v) is 10.7. The minimum Gasteiger partial charge on any atom is -0.382 e. The van der Waals surface area contributed by atoms with Gasteiger partial charge in [0, 0.05) is 13.2 Å². The van der Waals surface area contributed by atoms with Crippen molar-refractivity contribution in [2.24, 2.45) is 5.84 Å². The highest BCUT2D eigenvalue weighted by atomic mass is 19.1. The first-order valence-electron chi connectivity index (χ1n) is 5.83. The quantitative estimate of drug-likeness (QED) is 0.593. The molecule has 0 aliphatic carbocycles. The molecule has 2 unspecified atom stereocenters. The van der Waals surface area contributed by atoms with E-state index < -0.39 is 0 Å². The van der Waals surface area contributed by atoms with Gasteiger partial charge in [-0.25, -0.2) is 4.39 Å². The van der Waals surface area contributed by atoms with Gasteiger partial charge in [-0.05, 0) is 43.9 Å².